The molecule has 4 nitrogen and oxygen atoms in total. The SMILES string of the molecule is CCCC(CCc1ccc(N)cc1)C(=O)CC(=O)OC. The molecule has 0 amide bonds. The third-order valence-electron chi connectivity index (χ3n) is 3.40. The highest BCUT2D eigenvalue weighted by atomic mass is 16.5. The highest BCUT2D eigenvalue weighted by Gasteiger charge is 2.20. The van der Waals surface area contributed by atoms with E-state index >= 15 is 0 Å². The Hall–Kier alpha value is -1.84. The molecular weight excluding hydrogens is 254 g/mol. The Bertz CT molecular complexity index is 440. The molecule has 0 fully saturated rings. The molecule has 1 aromatic rings. The average Bonchev–Trinajstić information content (AvgIpc) is 2.44. The number of carbonyl (C=O) groups is 2. The van der Waals surface area contributed by atoms with Gasteiger partial charge in [-0.3, -0.25) is 9.59 Å². The summed E-state index contributed by atoms with van der Waals surface area (Å²) in [5.74, 6) is -0.547. The van der Waals surface area contributed by atoms with Crippen molar-refractivity contribution in [1.29, 1.82) is 0 Å². The lowest BCUT2D eigenvalue weighted by molar-refractivity contribution is -0.144. The molecule has 4 heteroatoms. The predicted octanol–water partition coefficient (Wildman–Crippen LogP) is 2.75. The first-order valence-corrected chi connectivity index (χ1v) is 7.00. The zero-order valence-electron chi connectivity index (χ0n) is 12.2. The van der Waals surface area contributed by atoms with E-state index < -0.39 is 5.97 Å². The molecule has 0 bridgehead atoms. The van der Waals surface area contributed by atoms with Gasteiger partial charge in [-0.25, -0.2) is 0 Å². The Morgan fingerprint density at radius 1 is 1.20 bits per heavy atom. The van der Waals surface area contributed by atoms with Gasteiger partial charge in [0.1, 0.15) is 12.2 Å². The minimum absolute atomic E-state index is 0.0193. The van der Waals surface area contributed by atoms with Gasteiger partial charge in [-0.2, -0.15) is 0 Å². The maximum Gasteiger partial charge on any atom is 0.313 e. The van der Waals surface area contributed by atoms with Crippen LogP contribution in [0.3, 0.4) is 0 Å². The van der Waals surface area contributed by atoms with Gasteiger partial charge in [0.15, 0.2) is 0 Å². The molecule has 1 atom stereocenters. The second-order valence-electron chi connectivity index (χ2n) is 4.99. The molecule has 1 aromatic carbocycles. The molecule has 0 aromatic heterocycles. The van der Waals surface area contributed by atoms with Crippen molar-refractivity contribution in [3.63, 3.8) is 0 Å². The molecule has 1 rings (SSSR count). The summed E-state index contributed by atoms with van der Waals surface area (Å²) in [6, 6.07) is 7.67. The van der Waals surface area contributed by atoms with Crippen molar-refractivity contribution in [2.45, 2.75) is 39.0 Å². The lowest BCUT2D eigenvalue weighted by Crippen LogP contribution is -2.19. The van der Waals surface area contributed by atoms with Crippen LogP contribution in [0.5, 0.6) is 0 Å². The maximum atomic E-state index is 12.1. The minimum atomic E-state index is -0.455. The first kappa shape index (κ1) is 16.2. The molecule has 0 heterocycles. The van der Waals surface area contributed by atoms with E-state index in [1.165, 1.54) is 7.11 Å². The smallest absolute Gasteiger partial charge is 0.313 e. The lowest BCUT2D eigenvalue weighted by atomic mass is 9.90. The Kier molecular flexibility index (Phi) is 6.77. The number of ether oxygens (including phenoxy) is 1. The molecular formula is C16H23NO3. The second kappa shape index (κ2) is 8.35. The number of ketones is 1. The Morgan fingerprint density at radius 3 is 2.40 bits per heavy atom. The number of rotatable bonds is 8. The number of anilines is 1. The molecule has 0 aliphatic carbocycles. The van der Waals surface area contributed by atoms with Crippen LogP contribution in [-0.4, -0.2) is 18.9 Å². The molecule has 1 unspecified atom stereocenters. The van der Waals surface area contributed by atoms with E-state index in [1.807, 2.05) is 31.2 Å². The van der Waals surface area contributed by atoms with Gasteiger partial charge in [0.05, 0.1) is 7.11 Å². The van der Waals surface area contributed by atoms with Crippen LogP contribution in [0.25, 0.3) is 0 Å². The molecule has 0 saturated carbocycles. The topological polar surface area (TPSA) is 69.4 Å². The third kappa shape index (κ3) is 5.43. The Morgan fingerprint density at radius 2 is 1.85 bits per heavy atom. The lowest BCUT2D eigenvalue weighted by Gasteiger charge is -2.14. The van der Waals surface area contributed by atoms with Gasteiger partial charge in [-0.1, -0.05) is 25.5 Å². The van der Waals surface area contributed by atoms with Crippen molar-refractivity contribution < 1.29 is 14.3 Å². The number of esters is 1. The summed E-state index contributed by atoms with van der Waals surface area (Å²) in [5, 5.41) is 0. The maximum absolute atomic E-state index is 12.1. The number of Topliss-reactive ketones (excluding diaryl/α,β-unsaturated/α-hetero) is 1. The van der Waals surface area contributed by atoms with E-state index in [9.17, 15) is 9.59 Å². The fraction of sp³-hybridized carbons (Fsp3) is 0.500. The molecule has 2 N–H and O–H groups in total. The van der Waals surface area contributed by atoms with Crippen LogP contribution in [0, 0.1) is 5.92 Å². The first-order chi connectivity index (χ1) is 9.56. The van der Waals surface area contributed by atoms with Crippen molar-refractivity contribution in [3.05, 3.63) is 29.8 Å². The molecule has 20 heavy (non-hydrogen) atoms. The zero-order chi connectivity index (χ0) is 15.0. The summed E-state index contributed by atoms with van der Waals surface area (Å²) in [4.78, 5) is 23.2. The van der Waals surface area contributed by atoms with Crippen LogP contribution < -0.4 is 5.73 Å². The zero-order valence-corrected chi connectivity index (χ0v) is 12.2. The Balaban J connectivity index is 2.55. The van der Waals surface area contributed by atoms with Crippen LogP contribution >= 0.6 is 0 Å². The van der Waals surface area contributed by atoms with Crippen molar-refractivity contribution in [2.75, 3.05) is 12.8 Å². The monoisotopic (exact) mass is 277 g/mol. The number of hydrogen-bond donors (Lipinski definition) is 1. The fourth-order valence-electron chi connectivity index (χ4n) is 2.20. The predicted molar refractivity (Wildman–Crippen MR) is 79.2 cm³/mol. The van der Waals surface area contributed by atoms with Gasteiger partial charge >= 0.3 is 5.97 Å². The number of hydrogen-bond acceptors (Lipinski definition) is 4. The van der Waals surface area contributed by atoms with Gasteiger partial charge in [0.25, 0.3) is 0 Å². The third-order valence-corrected chi connectivity index (χ3v) is 3.40. The van der Waals surface area contributed by atoms with E-state index in [1.54, 1.807) is 0 Å². The van der Waals surface area contributed by atoms with Crippen LogP contribution in [0.1, 0.15) is 38.2 Å². The second-order valence-corrected chi connectivity index (χ2v) is 4.99. The van der Waals surface area contributed by atoms with Gasteiger partial charge < -0.3 is 10.5 Å². The Labute approximate surface area is 120 Å². The summed E-state index contributed by atoms with van der Waals surface area (Å²) in [6.45, 7) is 2.04. The van der Waals surface area contributed by atoms with Crippen molar-refractivity contribution in [1.82, 2.24) is 0 Å². The summed E-state index contributed by atoms with van der Waals surface area (Å²) >= 11 is 0. The number of benzene rings is 1. The normalized spacial score (nSPS) is 11.9. The first-order valence-electron chi connectivity index (χ1n) is 7.00. The van der Waals surface area contributed by atoms with Crippen LogP contribution in [0.15, 0.2) is 24.3 Å². The number of methoxy groups -OCH3 is 1. The summed E-state index contributed by atoms with van der Waals surface area (Å²) in [7, 11) is 1.30. The highest BCUT2D eigenvalue weighted by molar-refractivity contribution is 5.96. The number of aryl methyl sites for hydroxylation is 1. The molecule has 110 valence electrons. The molecule has 0 aliphatic rings. The van der Waals surface area contributed by atoms with E-state index in [0.717, 1.165) is 36.9 Å². The number of nitrogen functional groups attached to an aromatic ring is 1. The number of nitrogens with two attached hydrogens (primary N) is 1. The minimum Gasteiger partial charge on any atom is -0.469 e. The average molecular weight is 277 g/mol. The van der Waals surface area contributed by atoms with Crippen molar-refractivity contribution >= 4 is 17.4 Å². The molecule has 0 aliphatic heterocycles. The molecule has 0 spiro atoms. The van der Waals surface area contributed by atoms with E-state index in [2.05, 4.69) is 4.74 Å². The largest absolute Gasteiger partial charge is 0.469 e. The molecule has 0 saturated heterocycles. The highest BCUT2D eigenvalue weighted by Crippen LogP contribution is 2.18. The summed E-state index contributed by atoms with van der Waals surface area (Å²) in [6.07, 6.45) is 3.19. The van der Waals surface area contributed by atoms with Crippen LogP contribution in [0.4, 0.5) is 5.69 Å². The van der Waals surface area contributed by atoms with E-state index in [-0.39, 0.29) is 18.1 Å². The fourth-order valence-corrected chi connectivity index (χ4v) is 2.20. The van der Waals surface area contributed by atoms with E-state index in [4.69, 9.17) is 5.73 Å². The summed E-state index contributed by atoms with van der Waals surface area (Å²) < 4.78 is 4.55. The van der Waals surface area contributed by atoms with Gasteiger partial charge in [0, 0.05) is 11.6 Å². The van der Waals surface area contributed by atoms with Crippen LogP contribution in [-0.2, 0) is 20.7 Å². The van der Waals surface area contributed by atoms with E-state index in [0.29, 0.717) is 0 Å². The van der Waals surface area contributed by atoms with Crippen LogP contribution in [0.2, 0.25) is 0 Å². The summed E-state index contributed by atoms with van der Waals surface area (Å²) in [5.41, 5.74) is 7.54. The van der Waals surface area contributed by atoms with Gasteiger partial charge in [0.2, 0.25) is 0 Å². The number of carbonyl (C=O) groups excluding carboxylic acids is 2. The molecule has 0 radical (unpaired) electrons. The standard InChI is InChI=1S/C16H23NO3/c1-3-4-13(15(18)11-16(19)20-2)8-5-12-6-9-14(17)10-7-12/h6-7,9-10,13H,3-5,8,11,17H2,1-2H3. The van der Waals surface area contributed by atoms with Crippen molar-refractivity contribution in [3.8, 4) is 0 Å². The van der Waals surface area contributed by atoms with Gasteiger partial charge in [-0.15, -0.1) is 0 Å². The van der Waals surface area contributed by atoms with Gasteiger partial charge in [-0.05, 0) is 37.0 Å². The quantitative estimate of drug-likeness (QED) is 0.450. The van der Waals surface area contributed by atoms with Crippen molar-refractivity contribution in [2.24, 2.45) is 5.92 Å².